The molecule has 9 heteroatoms. The summed E-state index contributed by atoms with van der Waals surface area (Å²) in [4.78, 5) is 29.5. The Kier molecular flexibility index (Phi) is 9.66. The van der Waals surface area contributed by atoms with Crippen LogP contribution >= 0.6 is 11.9 Å². The van der Waals surface area contributed by atoms with E-state index >= 15 is 0 Å². The monoisotopic (exact) mass is 680 g/mol. The number of benzene rings is 2. The fourth-order valence-corrected chi connectivity index (χ4v) is 8.34. The van der Waals surface area contributed by atoms with Gasteiger partial charge in [0.1, 0.15) is 5.75 Å². The molecule has 0 unspecified atom stereocenters. The number of carbonyl (C=O) groups excluding carboxylic acids is 2. The highest BCUT2D eigenvalue weighted by Crippen LogP contribution is 2.48. The molecule has 4 heterocycles. The summed E-state index contributed by atoms with van der Waals surface area (Å²) in [5, 5.41) is 1.49. The molecule has 7 rings (SSSR count). The Morgan fingerprint density at radius 2 is 1.73 bits per heavy atom. The number of hydrogen-bond donors (Lipinski definition) is 1. The smallest absolute Gasteiger partial charge is 0.261 e. The first-order valence-electron chi connectivity index (χ1n) is 17.8. The summed E-state index contributed by atoms with van der Waals surface area (Å²) in [6.07, 6.45) is 10.3. The molecular formula is C40H48N4O4S. The molecule has 0 atom stereocenters. The number of nitrogens with zero attached hydrogens (tertiary/aromatic N) is 3. The van der Waals surface area contributed by atoms with Crippen molar-refractivity contribution in [1.29, 1.82) is 0 Å². The third-order valence-corrected chi connectivity index (χ3v) is 11.0. The van der Waals surface area contributed by atoms with Crippen molar-refractivity contribution in [2.24, 2.45) is 0 Å². The van der Waals surface area contributed by atoms with E-state index in [0.29, 0.717) is 49.9 Å². The van der Waals surface area contributed by atoms with Crippen LogP contribution in [0, 0.1) is 0 Å². The lowest BCUT2D eigenvalue weighted by Gasteiger charge is -2.27. The quantitative estimate of drug-likeness (QED) is 0.189. The van der Waals surface area contributed by atoms with E-state index in [1.54, 1.807) is 7.11 Å². The highest BCUT2D eigenvalue weighted by atomic mass is 32.2. The summed E-state index contributed by atoms with van der Waals surface area (Å²) in [6.45, 7) is 11.3. The topological polar surface area (TPSA) is 77.7 Å². The molecule has 1 N–H and O–H groups in total. The number of amides is 2. The Morgan fingerprint density at radius 1 is 0.959 bits per heavy atom. The predicted molar refractivity (Wildman–Crippen MR) is 199 cm³/mol. The largest absolute Gasteiger partial charge is 0.497 e. The van der Waals surface area contributed by atoms with E-state index < -0.39 is 0 Å². The molecule has 2 aromatic carbocycles. The summed E-state index contributed by atoms with van der Waals surface area (Å²) in [6, 6.07) is 14.7. The third kappa shape index (κ3) is 6.43. The molecule has 2 aromatic heterocycles. The van der Waals surface area contributed by atoms with Crippen molar-refractivity contribution in [1.82, 2.24) is 18.8 Å². The number of allylic oxidation sites excluding steroid dienone is 1. The van der Waals surface area contributed by atoms with Gasteiger partial charge in [0.2, 0.25) is 0 Å². The normalized spacial score (nSPS) is 16.8. The van der Waals surface area contributed by atoms with Crippen LogP contribution in [0.15, 0.2) is 48.7 Å². The Hall–Kier alpha value is -3.95. The molecule has 1 saturated heterocycles. The molecule has 0 radical (unpaired) electrons. The molecular weight excluding hydrogens is 633 g/mol. The second-order valence-corrected chi connectivity index (χ2v) is 15.5. The Balaban J connectivity index is 1.47. The molecule has 2 aliphatic heterocycles. The Labute approximate surface area is 294 Å². The van der Waals surface area contributed by atoms with Crippen LogP contribution in [0.3, 0.4) is 0 Å². The summed E-state index contributed by atoms with van der Waals surface area (Å²) in [5.41, 5.74) is 9.22. The lowest BCUT2D eigenvalue weighted by atomic mass is 9.81. The van der Waals surface area contributed by atoms with Crippen molar-refractivity contribution in [3.63, 3.8) is 0 Å². The van der Waals surface area contributed by atoms with Gasteiger partial charge in [-0.15, -0.1) is 0 Å². The summed E-state index contributed by atoms with van der Waals surface area (Å²) in [5.74, 6) is 1.18. The first kappa shape index (κ1) is 33.5. The van der Waals surface area contributed by atoms with Gasteiger partial charge >= 0.3 is 0 Å². The predicted octanol–water partition coefficient (Wildman–Crippen LogP) is 8.56. The molecule has 8 nitrogen and oxygen atoms in total. The maximum atomic E-state index is 14.2. The summed E-state index contributed by atoms with van der Waals surface area (Å²) < 4.78 is 19.1. The van der Waals surface area contributed by atoms with Crippen molar-refractivity contribution < 1.29 is 19.1 Å². The number of fused-ring (bicyclic) bond motifs is 5. The lowest BCUT2D eigenvalue weighted by molar-refractivity contribution is 0.0302. The maximum Gasteiger partial charge on any atom is 0.261 e. The van der Waals surface area contributed by atoms with Crippen LogP contribution in [0.4, 0.5) is 0 Å². The van der Waals surface area contributed by atoms with Gasteiger partial charge in [-0.1, -0.05) is 39.2 Å². The number of aromatic nitrogens is 2. The number of rotatable bonds is 8. The number of ether oxygens (including phenoxy) is 2. The van der Waals surface area contributed by atoms with E-state index in [2.05, 4.69) is 84.2 Å². The van der Waals surface area contributed by atoms with Gasteiger partial charge in [-0.3, -0.25) is 14.3 Å². The fraction of sp³-hybridized carbons (Fsp3) is 0.450. The number of carbonyl (C=O) groups is 2. The van der Waals surface area contributed by atoms with Crippen molar-refractivity contribution >= 4 is 46.3 Å². The van der Waals surface area contributed by atoms with E-state index in [-0.39, 0.29) is 23.1 Å². The van der Waals surface area contributed by atoms with Crippen LogP contribution in [0.5, 0.6) is 5.75 Å². The second-order valence-electron chi connectivity index (χ2n) is 14.1. The minimum atomic E-state index is -0.0861. The van der Waals surface area contributed by atoms with Gasteiger partial charge in [0.05, 0.1) is 43.8 Å². The van der Waals surface area contributed by atoms with Gasteiger partial charge in [-0.2, -0.15) is 0 Å². The van der Waals surface area contributed by atoms with Gasteiger partial charge in [-0.05, 0) is 104 Å². The SMILES string of the molecule is COc1ccc2c(c1)C=C(c1c(C(=O)N3CCOCC3)ccn1C(C)C)Cn1c-2c(C2CCCCC2)c2ccc(C(=O)NSC(C)C)cc21. The summed E-state index contributed by atoms with van der Waals surface area (Å²) in [7, 11) is 1.71. The average molecular weight is 681 g/mol. The molecule has 49 heavy (non-hydrogen) atoms. The number of morpholine rings is 1. The average Bonchev–Trinajstić information content (AvgIpc) is 3.66. The zero-order valence-electron chi connectivity index (χ0n) is 29.4. The first-order valence-corrected chi connectivity index (χ1v) is 18.7. The van der Waals surface area contributed by atoms with Gasteiger partial charge in [-0.25, -0.2) is 0 Å². The van der Waals surface area contributed by atoms with Crippen LogP contribution in [0.2, 0.25) is 0 Å². The van der Waals surface area contributed by atoms with Crippen LogP contribution in [-0.4, -0.2) is 64.5 Å². The van der Waals surface area contributed by atoms with Gasteiger partial charge in [0, 0.05) is 52.6 Å². The minimum Gasteiger partial charge on any atom is -0.497 e. The van der Waals surface area contributed by atoms with Gasteiger partial charge in [0.15, 0.2) is 0 Å². The Bertz CT molecular complexity index is 1910. The minimum absolute atomic E-state index is 0.0378. The standard InChI is InChI=1S/C40H48N4O4S/c1-25(2)43-16-15-34(40(46)42-17-19-48-20-18-42)37(43)30-21-29-22-31(47-5)12-14-32(29)38-36(27-9-7-6-8-10-27)33-13-11-28(23-35(33)44(38)24-30)39(45)41-49-26(3)4/h11-16,21-23,25-27H,6-10,17-20,24H2,1-5H3,(H,41,45). The molecule has 4 aromatic rings. The van der Waals surface area contributed by atoms with E-state index in [0.717, 1.165) is 46.5 Å². The van der Waals surface area contributed by atoms with Crippen LogP contribution in [-0.2, 0) is 11.3 Å². The van der Waals surface area contributed by atoms with Crippen LogP contribution in [0.25, 0.3) is 33.8 Å². The molecule has 0 spiro atoms. The van der Waals surface area contributed by atoms with Crippen molar-refractivity contribution in [3.05, 3.63) is 76.6 Å². The van der Waals surface area contributed by atoms with E-state index in [4.69, 9.17) is 9.47 Å². The molecule has 1 saturated carbocycles. The fourth-order valence-electron chi connectivity index (χ4n) is 7.88. The van der Waals surface area contributed by atoms with Crippen LogP contribution < -0.4 is 9.46 Å². The zero-order valence-corrected chi connectivity index (χ0v) is 30.2. The number of methoxy groups -OCH3 is 1. The van der Waals surface area contributed by atoms with Crippen molar-refractivity contribution in [3.8, 4) is 17.0 Å². The number of hydrogen-bond acceptors (Lipinski definition) is 5. The third-order valence-electron chi connectivity index (χ3n) is 10.2. The number of nitrogens with one attached hydrogen (secondary N) is 1. The van der Waals surface area contributed by atoms with E-state index in [1.165, 1.54) is 47.9 Å². The molecule has 258 valence electrons. The highest BCUT2D eigenvalue weighted by molar-refractivity contribution is 7.98. The van der Waals surface area contributed by atoms with Crippen molar-refractivity contribution in [2.45, 2.75) is 83.6 Å². The molecule has 2 fully saturated rings. The molecule has 3 aliphatic rings. The van der Waals surface area contributed by atoms with E-state index in [1.807, 2.05) is 17.0 Å². The van der Waals surface area contributed by atoms with Crippen LogP contribution in [0.1, 0.15) is 109 Å². The zero-order chi connectivity index (χ0) is 34.2. The van der Waals surface area contributed by atoms with Gasteiger partial charge < -0.3 is 23.5 Å². The highest BCUT2D eigenvalue weighted by Gasteiger charge is 2.32. The Morgan fingerprint density at radius 3 is 2.45 bits per heavy atom. The van der Waals surface area contributed by atoms with Gasteiger partial charge in [0.25, 0.3) is 11.8 Å². The maximum absolute atomic E-state index is 14.2. The molecule has 1 aliphatic carbocycles. The van der Waals surface area contributed by atoms with E-state index in [9.17, 15) is 9.59 Å². The van der Waals surface area contributed by atoms with Crippen molar-refractivity contribution in [2.75, 3.05) is 33.4 Å². The molecule has 0 bridgehead atoms. The molecule has 2 amide bonds. The lowest BCUT2D eigenvalue weighted by Crippen LogP contribution is -2.41. The first-order chi connectivity index (χ1) is 23.7. The summed E-state index contributed by atoms with van der Waals surface area (Å²) >= 11 is 1.44. The second kappa shape index (κ2) is 14.1.